The van der Waals surface area contributed by atoms with Gasteiger partial charge in [-0.3, -0.25) is 9.59 Å². The number of aromatic nitrogens is 1. The first-order valence-electron chi connectivity index (χ1n) is 9.11. The fraction of sp³-hybridized carbons (Fsp3) is 0.238. The van der Waals surface area contributed by atoms with E-state index in [0.29, 0.717) is 42.6 Å². The summed E-state index contributed by atoms with van der Waals surface area (Å²) in [7, 11) is 0. The summed E-state index contributed by atoms with van der Waals surface area (Å²) >= 11 is 6.07. The van der Waals surface area contributed by atoms with E-state index in [2.05, 4.69) is 5.32 Å². The molecule has 1 fully saturated rings. The molecule has 1 N–H and O–H groups in total. The number of nitrogens with one attached hydrogen (secondary N) is 1. The van der Waals surface area contributed by atoms with Crippen molar-refractivity contribution in [1.82, 2.24) is 9.47 Å². The Hall–Kier alpha value is -2.83. The summed E-state index contributed by atoms with van der Waals surface area (Å²) < 4.78 is 7.13. The van der Waals surface area contributed by atoms with Crippen molar-refractivity contribution in [3.63, 3.8) is 0 Å². The highest BCUT2D eigenvalue weighted by Gasteiger charge is 2.19. The first-order chi connectivity index (χ1) is 13.6. The highest BCUT2D eigenvalue weighted by Crippen LogP contribution is 2.21. The number of rotatable bonds is 4. The molecule has 1 aliphatic rings. The Balaban J connectivity index is 1.45. The number of nitrogens with zero attached hydrogens (tertiary/aromatic N) is 2. The number of fused-ring (bicyclic) bond motifs is 1. The second kappa shape index (κ2) is 8.04. The van der Waals surface area contributed by atoms with Gasteiger partial charge in [-0.25, -0.2) is 0 Å². The van der Waals surface area contributed by atoms with E-state index in [1.54, 1.807) is 29.2 Å². The summed E-state index contributed by atoms with van der Waals surface area (Å²) in [5.41, 5.74) is 2.05. The summed E-state index contributed by atoms with van der Waals surface area (Å²) in [6.07, 6.45) is 1.86. The molecule has 6 nitrogen and oxygen atoms in total. The van der Waals surface area contributed by atoms with Gasteiger partial charge in [-0.2, -0.15) is 0 Å². The van der Waals surface area contributed by atoms with Crippen LogP contribution in [0.25, 0.3) is 10.9 Å². The van der Waals surface area contributed by atoms with Crippen molar-refractivity contribution in [3.8, 4) is 0 Å². The molecule has 0 bridgehead atoms. The van der Waals surface area contributed by atoms with Crippen LogP contribution in [0.3, 0.4) is 0 Å². The van der Waals surface area contributed by atoms with E-state index in [-0.39, 0.29) is 18.4 Å². The average Bonchev–Trinajstić information content (AvgIpc) is 3.10. The average molecular weight is 398 g/mol. The lowest BCUT2D eigenvalue weighted by molar-refractivity contribution is -0.116. The molecule has 1 aromatic heterocycles. The molecule has 2 heterocycles. The second-order valence-corrected chi connectivity index (χ2v) is 7.12. The number of anilines is 1. The highest BCUT2D eigenvalue weighted by atomic mass is 35.5. The van der Waals surface area contributed by atoms with Gasteiger partial charge in [-0.15, -0.1) is 0 Å². The standard InChI is InChI=1S/C21H20ClN3O3/c22-17-5-4-15-6-7-25(19(15)13-17)14-20(26)23-18-3-1-2-16(12-18)21(27)24-8-10-28-11-9-24/h1-7,12-13H,8-11,14H2,(H,23,26). The fourth-order valence-electron chi connectivity index (χ4n) is 3.33. The molecule has 0 atom stereocenters. The Morgan fingerprint density at radius 2 is 1.89 bits per heavy atom. The molecule has 2 amide bonds. The molecular weight excluding hydrogens is 378 g/mol. The van der Waals surface area contributed by atoms with Crippen LogP contribution in [0.5, 0.6) is 0 Å². The third kappa shape index (κ3) is 4.03. The number of ether oxygens (including phenoxy) is 1. The van der Waals surface area contributed by atoms with E-state index in [1.165, 1.54) is 0 Å². The molecule has 0 aliphatic carbocycles. The molecule has 28 heavy (non-hydrogen) atoms. The predicted molar refractivity (Wildman–Crippen MR) is 109 cm³/mol. The summed E-state index contributed by atoms with van der Waals surface area (Å²) in [6, 6.07) is 14.5. The largest absolute Gasteiger partial charge is 0.378 e. The number of carbonyl (C=O) groups excluding carboxylic acids is 2. The monoisotopic (exact) mass is 397 g/mol. The zero-order valence-electron chi connectivity index (χ0n) is 15.2. The number of hydrogen-bond donors (Lipinski definition) is 1. The lowest BCUT2D eigenvalue weighted by Gasteiger charge is -2.27. The first-order valence-corrected chi connectivity index (χ1v) is 9.49. The van der Waals surface area contributed by atoms with Crippen molar-refractivity contribution in [3.05, 3.63) is 65.3 Å². The smallest absolute Gasteiger partial charge is 0.254 e. The third-order valence-corrected chi connectivity index (χ3v) is 4.98. The number of benzene rings is 2. The molecule has 144 valence electrons. The van der Waals surface area contributed by atoms with Gasteiger partial charge in [-0.1, -0.05) is 23.7 Å². The van der Waals surface area contributed by atoms with Crippen LogP contribution in [0.1, 0.15) is 10.4 Å². The van der Waals surface area contributed by atoms with Crippen LogP contribution >= 0.6 is 11.6 Å². The van der Waals surface area contributed by atoms with Crippen molar-refractivity contribution in [2.24, 2.45) is 0 Å². The summed E-state index contributed by atoms with van der Waals surface area (Å²) in [5, 5.41) is 4.52. The third-order valence-electron chi connectivity index (χ3n) is 4.74. The van der Waals surface area contributed by atoms with Crippen molar-refractivity contribution in [2.75, 3.05) is 31.6 Å². The Kier molecular flexibility index (Phi) is 5.32. The predicted octanol–water partition coefficient (Wildman–Crippen LogP) is 3.41. The van der Waals surface area contributed by atoms with Gasteiger partial charge in [-0.05, 0) is 41.8 Å². The van der Waals surface area contributed by atoms with E-state index < -0.39 is 0 Å². The summed E-state index contributed by atoms with van der Waals surface area (Å²) in [6.45, 7) is 2.43. The minimum absolute atomic E-state index is 0.0505. The van der Waals surface area contributed by atoms with Gasteiger partial charge in [0.1, 0.15) is 6.54 Å². The van der Waals surface area contributed by atoms with Gasteiger partial charge in [0.2, 0.25) is 5.91 Å². The van der Waals surface area contributed by atoms with E-state index in [1.807, 2.05) is 35.0 Å². The van der Waals surface area contributed by atoms with E-state index in [4.69, 9.17) is 16.3 Å². The Morgan fingerprint density at radius 1 is 1.07 bits per heavy atom. The van der Waals surface area contributed by atoms with Gasteiger partial charge >= 0.3 is 0 Å². The van der Waals surface area contributed by atoms with E-state index in [9.17, 15) is 9.59 Å². The maximum Gasteiger partial charge on any atom is 0.254 e. The zero-order chi connectivity index (χ0) is 19.5. The van der Waals surface area contributed by atoms with Crippen molar-refractivity contribution < 1.29 is 14.3 Å². The zero-order valence-corrected chi connectivity index (χ0v) is 16.0. The molecule has 1 aliphatic heterocycles. The molecule has 0 radical (unpaired) electrons. The second-order valence-electron chi connectivity index (χ2n) is 6.68. The van der Waals surface area contributed by atoms with Crippen LogP contribution in [0.4, 0.5) is 5.69 Å². The van der Waals surface area contributed by atoms with Crippen LogP contribution in [0.2, 0.25) is 5.02 Å². The minimum Gasteiger partial charge on any atom is -0.378 e. The van der Waals surface area contributed by atoms with Gasteiger partial charge in [0.15, 0.2) is 0 Å². The molecule has 4 rings (SSSR count). The van der Waals surface area contributed by atoms with Crippen LogP contribution in [0, 0.1) is 0 Å². The summed E-state index contributed by atoms with van der Waals surface area (Å²) in [5.74, 6) is -0.223. The topological polar surface area (TPSA) is 63.6 Å². The Morgan fingerprint density at radius 3 is 2.71 bits per heavy atom. The number of carbonyl (C=O) groups is 2. The van der Waals surface area contributed by atoms with Crippen LogP contribution in [0.15, 0.2) is 54.7 Å². The lowest BCUT2D eigenvalue weighted by Crippen LogP contribution is -2.40. The molecular formula is C21H20ClN3O3. The fourth-order valence-corrected chi connectivity index (χ4v) is 3.50. The minimum atomic E-state index is -0.173. The van der Waals surface area contributed by atoms with E-state index in [0.717, 1.165) is 10.9 Å². The van der Waals surface area contributed by atoms with Crippen LogP contribution in [-0.4, -0.2) is 47.6 Å². The van der Waals surface area contributed by atoms with Gasteiger partial charge < -0.3 is 19.5 Å². The lowest BCUT2D eigenvalue weighted by atomic mass is 10.1. The van der Waals surface area contributed by atoms with Crippen molar-refractivity contribution in [2.45, 2.75) is 6.54 Å². The molecule has 0 saturated carbocycles. The van der Waals surface area contributed by atoms with Crippen molar-refractivity contribution >= 4 is 40.0 Å². The molecule has 0 unspecified atom stereocenters. The highest BCUT2D eigenvalue weighted by molar-refractivity contribution is 6.31. The van der Waals surface area contributed by atoms with Gasteiger partial charge in [0.05, 0.1) is 13.2 Å². The molecule has 7 heteroatoms. The molecule has 2 aromatic carbocycles. The SMILES string of the molecule is O=C(Cn1ccc2ccc(Cl)cc21)Nc1cccc(C(=O)N2CCOCC2)c1. The van der Waals surface area contributed by atoms with E-state index >= 15 is 0 Å². The number of amides is 2. The first kappa shape index (κ1) is 18.5. The normalized spacial score (nSPS) is 14.2. The van der Waals surface area contributed by atoms with Gasteiger partial charge in [0, 0.05) is 41.1 Å². The van der Waals surface area contributed by atoms with Crippen LogP contribution in [-0.2, 0) is 16.1 Å². The maximum atomic E-state index is 12.6. The quantitative estimate of drug-likeness (QED) is 0.733. The number of halogens is 1. The van der Waals surface area contributed by atoms with Gasteiger partial charge in [0.25, 0.3) is 5.91 Å². The molecule has 1 saturated heterocycles. The summed E-state index contributed by atoms with van der Waals surface area (Å²) in [4.78, 5) is 26.9. The number of hydrogen-bond acceptors (Lipinski definition) is 3. The molecule has 0 spiro atoms. The maximum absolute atomic E-state index is 12.6. The number of morpholine rings is 1. The van der Waals surface area contributed by atoms with Crippen LogP contribution < -0.4 is 5.32 Å². The molecule has 3 aromatic rings. The van der Waals surface area contributed by atoms with Crippen molar-refractivity contribution in [1.29, 1.82) is 0 Å². The Bertz CT molecular complexity index is 1020. The Labute approximate surface area is 167 Å².